The van der Waals surface area contributed by atoms with E-state index in [2.05, 4.69) is 10.3 Å². The summed E-state index contributed by atoms with van der Waals surface area (Å²) in [5, 5.41) is 8.24. The maximum atomic E-state index is 13.3. The molecule has 2 heterocycles. The molecule has 1 aliphatic rings. The second-order valence-electron chi connectivity index (χ2n) is 6.42. The minimum atomic E-state index is -0.315. The van der Waals surface area contributed by atoms with Crippen molar-refractivity contribution in [3.05, 3.63) is 53.8 Å². The fourth-order valence-corrected chi connectivity index (χ4v) is 3.41. The molecule has 0 atom stereocenters. The molecule has 6 nitrogen and oxygen atoms in total. The Labute approximate surface area is 150 Å². The number of hydrogen-bond acceptors (Lipinski definition) is 4. The maximum Gasteiger partial charge on any atom is 0.253 e. The molecule has 1 aromatic heterocycles. The van der Waals surface area contributed by atoms with Crippen molar-refractivity contribution in [1.82, 2.24) is 19.9 Å². The van der Waals surface area contributed by atoms with Crippen molar-refractivity contribution in [3.63, 3.8) is 0 Å². The van der Waals surface area contributed by atoms with Crippen LogP contribution in [0.2, 0.25) is 0 Å². The summed E-state index contributed by atoms with van der Waals surface area (Å²) in [6, 6.07) is 11.8. The molecule has 1 amide bonds. The van der Waals surface area contributed by atoms with E-state index in [1.165, 1.54) is 12.1 Å². The highest BCUT2D eigenvalue weighted by Gasteiger charge is 2.26. The molecule has 0 unspecified atom stereocenters. The van der Waals surface area contributed by atoms with Crippen LogP contribution < -0.4 is 4.74 Å². The van der Waals surface area contributed by atoms with E-state index < -0.39 is 0 Å². The van der Waals surface area contributed by atoms with Crippen LogP contribution in [0.5, 0.6) is 5.75 Å². The van der Waals surface area contributed by atoms with Crippen LogP contribution in [-0.4, -0.2) is 46.0 Å². The zero-order valence-corrected chi connectivity index (χ0v) is 14.4. The summed E-state index contributed by atoms with van der Waals surface area (Å²) in [7, 11) is 1.60. The Hall–Kier alpha value is -2.96. The van der Waals surface area contributed by atoms with E-state index in [1.54, 1.807) is 37.4 Å². The molecule has 1 saturated heterocycles. The van der Waals surface area contributed by atoms with Crippen LogP contribution in [0.4, 0.5) is 4.39 Å². The van der Waals surface area contributed by atoms with Gasteiger partial charge in [-0.25, -0.2) is 9.07 Å². The smallest absolute Gasteiger partial charge is 0.253 e. The lowest BCUT2D eigenvalue weighted by Crippen LogP contribution is -2.39. The summed E-state index contributed by atoms with van der Waals surface area (Å²) in [4.78, 5) is 14.5. The second kappa shape index (κ2) is 6.74. The molecule has 26 heavy (non-hydrogen) atoms. The van der Waals surface area contributed by atoms with Crippen LogP contribution in [0.1, 0.15) is 29.2 Å². The SMILES string of the molecule is COc1ccc(C(=O)N2CCC(n3nnc4cc(F)ccc43)CC2)cc1. The van der Waals surface area contributed by atoms with Crippen LogP contribution in [-0.2, 0) is 0 Å². The number of amides is 1. The van der Waals surface area contributed by atoms with Crippen molar-refractivity contribution >= 4 is 16.9 Å². The summed E-state index contributed by atoms with van der Waals surface area (Å²) in [6.07, 6.45) is 1.58. The van der Waals surface area contributed by atoms with Gasteiger partial charge in [0.25, 0.3) is 5.91 Å². The van der Waals surface area contributed by atoms with Crippen molar-refractivity contribution < 1.29 is 13.9 Å². The van der Waals surface area contributed by atoms with Crippen molar-refractivity contribution in [2.24, 2.45) is 0 Å². The highest BCUT2D eigenvalue weighted by atomic mass is 19.1. The van der Waals surface area contributed by atoms with Gasteiger partial charge in [0.2, 0.25) is 0 Å². The summed E-state index contributed by atoms with van der Waals surface area (Å²) < 4.78 is 20.3. The maximum absolute atomic E-state index is 13.3. The second-order valence-corrected chi connectivity index (χ2v) is 6.42. The van der Waals surface area contributed by atoms with E-state index in [9.17, 15) is 9.18 Å². The molecular formula is C19H19FN4O2. The summed E-state index contributed by atoms with van der Waals surface area (Å²) in [5.41, 5.74) is 2.04. The molecule has 7 heteroatoms. The van der Waals surface area contributed by atoms with Gasteiger partial charge in [0.1, 0.15) is 17.1 Å². The standard InChI is InChI=1S/C19H19FN4O2/c1-26-16-5-2-13(3-6-16)19(25)23-10-8-15(9-11-23)24-18-7-4-14(20)12-17(18)21-22-24/h2-7,12,15H,8-11H2,1H3. The third-order valence-electron chi connectivity index (χ3n) is 4.87. The Morgan fingerprint density at radius 3 is 2.58 bits per heavy atom. The van der Waals surface area contributed by atoms with Crippen molar-refractivity contribution in [3.8, 4) is 5.75 Å². The fraction of sp³-hybridized carbons (Fsp3) is 0.316. The zero-order valence-electron chi connectivity index (χ0n) is 14.4. The van der Waals surface area contributed by atoms with Gasteiger partial charge in [-0.3, -0.25) is 4.79 Å². The minimum absolute atomic E-state index is 0.0247. The Kier molecular flexibility index (Phi) is 4.28. The van der Waals surface area contributed by atoms with E-state index in [4.69, 9.17) is 4.74 Å². The lowest BCUT2D eigenvalue weighted by molar-refractivity contribution is 0.0691. The Morgan fingerprint density at radius 2 is 1.88 bits per heavy atom. The van der Waals surface area contributed by atoms with Gasteiger partial charge in [0.15, 0.2) is 0 Å². The highest BCUT2D eigenvalue weighted by molar-refractivity contribution is 5.94. The predicted octanol–water partition coefficient (Wildman–Crippen LogP) is 3.06. The molecule has 0 aliphatic carbocycles. The number of methoxy groups -OCH3 is 1. The lowest BCUT2D eigenvalue weighted by atomic mass is 10.0. The average molecular weight is 354 g/mol. The first-order chi connectivity index (χ1) is 12.7. The Balaban J connectivity index is 1.45. The monoisotopic (exact) mass is 354 g/mol. The quantitative estimate of drug-likeness (QED) is 0.725. The first-order valence-electron chi connectivity index (χ1n) is 8.59. The number of piperidine rings is 1. The van der Waals surface area contributed by atoms with E-state index >= 15 is 0 Å². The number of likely N-dealkylation sites (tertiary alicyclic amines) is 1. The van der Waals surface area contributed by atoms with E-state index in [1.807, 2.05) is 9.58 Å². The van der Waals surface area contributed by atoms with Crippen LogP contribution in [0, 0.1) is 5.82 Å². The molecule has 0 saturated carbocycles. The molecule has 0 bridgehead atoms. The largest absolute Gasteiger partial charge is 0.497 e. The van der Waals surface area contributed by atoms with E-state index in [0.717, 1.165) is 24.1 Å². The molecule has 134 valence electrons. The van der Waals surface area contributed by atoms with Gasteiger partial charge in [-0.05, 0) is 49.2 Å². The number of benzene rings is 2. The fourth-order valence-electron chi connectivity index (χ4n) is 3.41. The predicted molar refractivity (Wildman–Crippen MR) is 94.7 cm³/mol. The molecule has 0 N–H and O–H groups in total. The van der Waals surface area contributed by atoms with Crippen LogP contribution >= 0.6 is 0 Å². The Morgan fingerprint density at radius 1 is 1.15 bits per heavy atom. The summed E-state index contributed by atoms with van der Waals surface area (Å²) in [5.74, 6) is 0.441. The number of aromatic nitrogens is 3. The highest BCUT2D eigenvalue weighted by Crippen LogP contribution is 2.26. The number of ether oxygens (including phenoxy) is 1. The molecule has 2 aromatic carbocycles. The average Bonchev–Trinajstić information content (AvgIpc) is 3.10. The third kappa shape index (κ3) is 3.00. The number of carbonyl (C=O) groups is 1. The van der Waals surface area contributed by atoms with Crippen LogP contribution in [0.3, 0.4) is 0 Å². The summed E-state index contributed by atoms with van der Waals surface area (Å²) >= 11 is 0. The number of hydrogen-bond donors (Lipinski definition) is 0. The van der Waals surface area contributed by atoms with Crippen molar-refractivity contribution in [2.75, 3.05) is 20.2 Å². The number of halogens is 1. The molecular weight excluding hydrogens is 335 g/mol. The summed E-state index contributed by atoms with van der Waals surface area (Å²) in [6.45, 7) is 1.30. The first-order valence-corrected chi connectivity index (χ1v) is 8.59. The Bertz CT molecular complexity index is 930. The van der Waals surface area contributed by atoms with Gasteiger partial charge in [-0.1, -0.05) is 5.21 Å². The third-order valence-corrected chi connectivity index (χ3v) is 4.87. The van der Waals surface area contributed by atoms with Gasteiger partial charge in [-0.15, -0.1) is 5.10 Å². The van der Waals surface area contributed by atoms with Crippen molar-refractivity contribution in [1.29, 1.82) is 0 Å². The molecule has 1 aliphatic heterocycles. The lowest BCUT2D eigenvalue weighted by Gasteiger charge is -2.32. The molecule has 3 aromatic rings. The van der Waals surface area contributed by atoms with E-state index in [-0.39, 0.29) is 17.8 Å². The van der Waals surface area contributed by atoms with Crippen LogP contribution in [0.25, 0.3) is 11.0 Å². The minimum Gasteiger partial charge on any atom is -0.497 e. The zero-order chi connectivity index (χ0) is 18.1. The van der Waals surface area contributed by atoms with Gasteiger partial charge in [0, 0.05) is 24.7 Å². The van der Waals surface area contributed by atoms with Gasteiger partial charge in [0.05, 0.1) is 18.7 Å². The number of carbonyl (C=O) groups excluding carboxylic acids is 1. The van der Waals surface area contributed by atoms with Crippen LogP contribution in [0.15, 0.2) is 42.5 Å². The van der Waals surface area contributed by atoms with Gasteiger partial charge in [-0.2, -0.15) is 0 Å². The molecule has 0 radical (unpaired) electrons. The van der Waals surface area contributed by atoms with E-state index in [0.29, 0.717) is 24.2 Å². The molecule has 0 spiro atoms. The molecule has 4 rings (SSSR count). The van der Waals surface area contributed by atoms with Crippen molar-refractivity contribution in [2.45, 2.75) is 18.9 Å². The van der Waals surface area contributed by atoms with Gasteiger partial charge < -0.3 is 9.64 Å². The normalized spacial score (nSPS) is 15.4. The number of rotatable bonds is 3. The van der Waals surface area contributed by atoms with Gasteiger partial charge >= 0.3 is 0 Å². The number of fused-ring (bicyclic) bond motifs is 1. The number of nitrogens with zero attached hydrogens (tertiary/aromatic N) is 4. The topological polar surface area (TPSA) is 60.2 Å². The first kappa shape index (κ1) is 16.5. The molecule has 1 fully saturated rings.